The number of nitrogens with one attached hydrogen (secondary N) is 1. The minimum Gasteiger partial charge on any atom is -0.492 e. The number of halogens is 2. The van der Waals surface area contributed by atoms with E-state index in [0.717, 1.165) is 27.8 Å². The molecule has 0 saturated carbocycles. The second-order valence-electron chi connectivity index (χ2n) is 4.91. The quantitative estimate of drug-likeness (QED) is 0.703. The summed E-state index contributed by atoms with van der Waals surface area (Å²) in [6, 6.07) is 12.7. The van der Waals surface area contributed by atoms with Crippen molar-refractivity contribution in [1.82, 2.24) is 5.32 Å². The van der Waals surface area contributed by atoms with Crippen molar-refractivity contribution in [1.29, 1.82) is 0 Å². The van der Waals surface area contributed by atoms with E-state index in [0.29, 0.717) is 6.61 Å². The zero-order chi connectivity index (χ0) is 15.2. The van der Waals surface area contributed by atoms with Crippen molar-refractivity contribution in [2.45, 2.75) is 26.9 Å². The van der Waals surface area contributed by atoms with Gasteiger partial charge in [0.2, 0.25) is 0 Å². The molecule has 0 aliphatic rings. The van der Waals surface area contributed by atoms with Gasteiger partial charge in [-0.05, 0) is 69.0 Å². The first-order valence-corrected chi connectivity index (χ1v) is 8.55. The summed E-state index contributed by atoms with van der Waals surface area (Å²) in [5.74, 6) is 0.861. The molecule has 1 N–H and O–H groups in total. The smallest absolute Gasteiger partial charge is 0.147 e. The highest BCUT2D eigenvalue weighted by Crippen LogP contribution is 2.34. The monoisotopic (exact) mass is 411 g/mol. The van der Waals surface area contributed by atoms with Gasteiger partial charge in [0, 0.05) is 13.1 Å². The minimum absolute atomic E-state index is 0.655. The van der Waals surface area contributed by atoms with Gasteiger partial charge in [0.1, 0.15) is 5.75 Å². The number of hydrogen-bond acceptors (Lipinski definition) is 2. The van der Waals surface area contributed by atoms with Gasteiger partial charge < -0.3 is 10.1 Å². The molecule has 2 aromatic rings. The van der Waals surface area contributed by atoms with E-state index in [2.05, 4.69) is 80.5 Å². The van der Waals surface area contributed by atoms with E-state index in [1.165, 1.54) is 16.7 Å². The van der Waals surface area contributed by atoms with Gasteiger partial charge in [-0.2, -0.15) is 0 Å². The predicted octanol–water partition coefficient (Wildman–Crippen LogP) is 5.21. The Morgan fingerprint density at radius 1 is 1.00 bits per heavy atom. The second kappa shape index (κ2) is 7.97. The number of aryl methyl sites for hydroxylation is 1. The molecule has 0 spiro atoms. The summed E-state index contributed by atoms with van der Waals surface area (Å²) in [5.41, 5.74) is 3.81. The van der Waals surface area contributed by atoms with Crippen molar-refractivity contribution in [3.63, 3.8) is 0 Å². The highest BCUT2D eigenvalue weighted by atomic mass is 79.9. The maximum Gasteiger partial charge on any atom is 0.147 e. The van der Waals surface area contributed by atoms with E-state index in [9.17, 15) is 0 Å². The molecule has 0 fully saturated rings. The number of hydrogen-bond donors (Lipinski definition) is 1. The summed E-state index contributed by atoms with van der Waals surface area (Å²) in [5, 5.41) is 3.47. The number of benzene rings is 2. The average molecular weight is 413 g/mol. The standard InChI is InChI=1S/C17H19Br2NO/c1-3-21-17-15(18)8-14(9-16(17)19)11-20-10-13-6-4-5-12(2)7-13/h4-9,20H,3,10-11H2,1-2H3. The summed E-state index contributed by atoms with van der Waals surface area (Å²) in [4.78, 5) is 0. The highest BCUT2D eigenvalue weighted by Gasteiger charge is 2.08. The molecule has 0 bridgehead atoms. The molecule has 0 aliphatic carbocycles. The van der Waals surface area contributed by atoms with E-state index < -0.39 is 0 Å². The van der Waals surface area contributed by atoms with Crippen LogP contribution in [-0.4, -0.2) is 6.61 Å². The van der Waals surface area contributed by atoms with Crippen molar-refractivity contribution in [3.8, 4) is 5.75 Å². The fourth-order valence-electron chi connectivity index (χ4n) is 2.17. The van der Waals surface area contributed by atoms with E-state index >= 15 is 0 Å². The van der Waals surface area contributed by atoms with Crippen molar-refractivity contribution < 1.29 is 4.74 Å². The van der Waals surface area contributed by atoms with Crippen LogP contribution in [0, 0.1) is 6.92 Å². The Bertz CT molecular complexity index is 590. The predicted molar refractivity (Wildman–Crippen MR) is 94.7 cm³/mol. The van der Waals surface area contributed by atoms with Gasteiger partial charge >= 0.3 is 0 Å². The fraction of sp³-hybridized carbons (Fsp3) is 0.294. The molecule has 0 amide bonds. The molecule has 0 radical (unpaired) electrons. The Labute approximate surface area is 143 Å². The van der Waals surface area contributed by atoms with Gasteiger partial charge in [-0.25, -0.2) is 0 Å². The Kier molecular flexibility index (Phi) is 6.27. The normalized spacial score (nSPS) is 10.7. The summed E-state index contributed by atoms with van der Waals surface area (Å²) in [6.07, 6.45) is 0. The summed E-state index contributed by atoms with van der Waals surface area (Å²) >= 11 is 7.13. The topological polar surface area (TPSA) is 21.3 Å². The third-order valence-corrected chi connectivity index (χ3v) is 4.27. The minimum atomic E-state index is 0.655. The Hall–Kier alpha value is -0.840. The lowest BCUT2D eigenvalue weighted by atomic mass is 10.1. The van der Waals surface area contributed by atoms with Crippen LogP contribution in [0.1, 0.15) is 23.6 Å². The Morgan fingerprint density at radius 3 is 2.29 bits per heavy atom. The first-order chi connectivity index (χ1) is 10.1. The van der Waals surface area contributed by atoms with Crippen LogP contribution in [0.3, 0.4) is 0 Å². The average Bonchev–Trinajstić information content (AvgIpc) is 2.43. The molecule has 21 heavy (non-hydrogen) atoms. The highest BCUT2D eigenvalue weighted by molar-refractivity contribution is 9.11. The molecule has 2 aromatic carbocycles. The number of ether oxygens (including phenoxy) is 1. The fourth-order valence-corrected chi connectivity index (χ4v) is 3.68. The van der Waals surface area contributed by atoms with Crippen LogP contribution in [0.5, 0.6) is 5.75 Å². The van der Waals surface area contributed by atoms with E-state index in [1.807, 2.05) is 6.92 Å². The maximum absolute atomic E-state index is 5.60. The van der Waals surface area contributed by atoms with Crippen LogP contribution in [0.4, 0.5) is 0 Å². The van der Waals surface area contributed by atoms with Crippen LogP contribution in [0.2, 0.25) is 0 Å². The Morgan fingerprint density at radius 2 is 1.67 bits per heavy atom. The van der Waals surface area contributed by atoms with Crippen molar-refractivity contribution in [3.05, 3.63) is 62.0 Å². The first kappa shape index (κ1) is 16.5. The van der Waals surface area contributed by atoms with Crippen LogP contribution < -0.4 is 10.1 Å². The molecule has 0 unspecified atom stereocenters. The number of rotatable bonds is 6. The lowest BCUT2D eigenvalue weighted by Gasteiger charge is -2.11. The van der Waals surface area contributed by atoms with Gasteiger partial charge in [0.15, 0.2) is 0 Å². The summed E-state index contributed by atoms with van der Waals surface area (Å²) in [6.45, 7) is 6.43. The molecular formula is C17H19Br2NO. The van der Waals surface area contributed by atoms with Crippen LogP contribution >= 0.6 is 31.9 Å². The van der Waals surface area contributed by atoms with Crippen LogP contribution in [0.25, 0.3) is 0 Å². The Balaban J connectivity index is 1.97. The SMILES string of the molecule is CCOc1c(Br)cc(CNCc2cccc(C)c2)cc1Br. The summed E-state index contributed by atoms with van der Waals surface area (Å²) < 4.78 is 7.55. The molecule has 0 aromatic heterocycles. The van der Waals surface area contributed by atoms with Crippen LogP contribution in [-0.2, 0) is 13.1 Å². The molecule has 0 heterocycles. The third-order valence-electron chi connectivity index (χ3n) is 3.09. The second-order valence-corrected chi connectivity index (χ2v) is 6.62. The lowest BCUT2D eigenvalue weighted by molar-refractivity contribution is 0.336. The van der Waals surface area contributed by atoms with Crippen molar-refractivity contribution in [2.75, 3.05) is 6.61 Å². The zero-order valence-corrected chi connectivity index (χ0v) is 15.4. The first-order valence-electron chi connectivity index (χ1n) is 6.97. The zero-order valence-electron chi connectivity index (χ0n) is 12.2. The summed E-state index contributed by atoms with van der Waals surface area (Å²) in [7, 11) is 0. The molecular weight excluding hydrogens is 394 g/mol. The molecule has 2 rings (SSSR count). The van der Waals surface area contributed by atoms with E-state index in [1.54, 1.807) is 0 Å². The van der Waals surface area contributed by atoms with Gasteiger partial charge in [-0.15, -0.1) is 0 Å². The van der Waals surface area contributed by atoms with Gasteiger partial charge in [0.25, 0.3) is 0 Å². The van der Waals surface area contributed by atoms with Crippen molar-refractivity contribution >= 4 is 31.9 Å². The molecule has 2 nitrogen and oxygen atoms in total. The third kappa shape index (κ3) is 4.83. The largest absolute Gasteiger partial charge is 0.492 e. The van der Waals surface area contributed by atoms with Crippen molar-refractivity contribution in [2.24, 2.45) is 0 Å². The molecule has 4 heteroatoms. The lowest BCUT2D eigenvalue weighted by Crippen LogP contribution is -2.13. The van der Waals surface area contributed by atoms with Gasteiger partial charge in [-0.3, -0.25) is 0 Å². The van der Waals surface area contributed by atoms with E-state index in [4.69, 9.17) is 4.74 Å². The molecule has 0 atom stereocenters. The molecule has 112 valence electrons. The maximum atomic E-state index is 5.60. The van der Waals surface area contributed by atoms with E-state index in [-0.39, 0.29) is 0 Å². The molecule has 0 saturated heterocycles. The van der Waals surface area contributed by atoms with Crippen LogP contribution in [0.15, 0.2) is 45.3 Å². The molecule has 0 aliphatic heterocycles. The van der Waals surface area contributed by atoms with Gasteiger partial charge in [-0.1, -0.05) is 29.8 Å². The van der Waals surface area contributed by atoms with Gasteiger partial charge in [0.05, 0.1) is 15.6 Å².